The average Bonchev–Trinajstić information content (AvgIpc) is 2.93. The molecule has 0 aliphatic rings. The number of rotatable bonds is 11. The second-order valence-electron chi connectivity index (χ2n) is 7.32. The second kappa shape index (κ2) is 24.3. The van der Waals surface area contributed by atoms with Crippen molar-refractivity contribution in [3.63, 3.8) is 0 Å². The lowest BCUT2D eigenvalue weighted by atomic mass is 10.1. The number of benzene rings is 2. The quantitative estimate of drug-likeness (QED) is 0.272. The number of hydrogen-bond acceptors (Lipinski definition) is 5. The van der Waals surface area contributed by atoms with Crippen LogP contribution in [-0.2, 0) is 22.6 Å². The van der Waals surface area contributed by atoms with Crippen LogP contribution in [0.2, 0.25) is 0 Å². The number of likely N-dealkylation sites (N-methyl/N-ethyl adjacent to an activating group) is 1. The van der Waals surface area contributed by atoms with E-state index in [1.165, 1.54) is 0 Å². The molecule has 0 heterocycles. The monoisotopic (exact) mass is 516 g/mol. The van der Waals surface area contributed by atoms with Crippen molar-refractivity contribution < 1.29 is 14.4 Å². The molecule has 7 N–H and O–H groups in total. The number of primary amides is 1. The van der Waals surface area contributed by atoms with Crippen LogP contribution < -0.4 is 32.3 Å². The van der Waals surface area contributed by atoms with Gasteiger partial charge in [0.25, 0.3) is 0 Å². The van der Waals surface area contributed by atoms with E-state index in [9.17, 15) is 14.4 Å². The van der Waals surface area contributed by atoms with E-state index in [2.05, 4.69) is 26.6 Å². The summed E-state index contributed by atoms with van der Waals surface area (Å²) in [5, 5.41) is 14.0. The van der Waals surface area contributed by atoms with Gasteiger partial charge in [0.1, 0.15) is 0 Å². The number of carbonyl (C=O) groups is 3. The van der Waals surface area contributed by atoms with Gasteiger partial charge in [-0.15, -0.1) is 0 Å². The Hall–Kier alpha value is -3.43. The lowest BCUT2D eigenvalue weighted by molar-refractivity contribution is -0.125. The lowest BCUT2D eigenvalue weighted by Gasteiger charge is -2.16. The van der Waals surface area contributed by atoms with Gasteiger partial charge in [0, 0.05) is 18.8 Å². The predicted molar refractivity (Wildman–Crippen MR) is 154 cm³/mol. The second-order valence-corrected chi connectivity index (χ2v) is 7.32. The SMILES string of the molecule is CC.CC.CCCNC(N)=O.CNCc1ccc(NC(=O)CNC(=O)C(Cc2ccccc2)NC)cc1. The fraction of sp³-hybridized carbons (Fsp3) is 0.464. The van der Waals surface area contributed by atoms with Crippen molar-refractivity contribution >= 4 is 23.5 Å². The summed E-state index contributed by atoms with van der Waals surface area (Å²) in [5.74, 6) is -0.454. The van der Waals surface area contributed by atoms with Gasteiger partial charge in [-0.05, 0) is 50.2 Å². The van der Waals surface area contributed by atoms with Gasteiger partial charge in [0.05, 0.1) is 12.6 Å². The van der Waals surface area contributed by atoms with Crippen molar-refractivity contribution in [3.05, 3.63) is 65.7 Å². The average molecular weight is 517 g/mol. The van der Waals surface area contributed by atoms with Crippen LogP contribution in [0, 0.1) is 0 Å². The maximum Gasteiger partial charge on any atom is 0.312 e. The smallest absolute Gasteiger partial charge is 0.312 e. The van der Waals surface area contributed by atoms with Gasteiger partial charge in [-0.2, -0.15) is 0 Å². The lowest BCUT2D eigenvalue weighted by Crippen LogP contribution is -2.46. The number of hydrogen-bond donors (Lipinski definition) is 6. The molecule has 9 nitrogen and oxygen atoms in total. The highest BCUT2D eigenvalue weighted by Crippen LogP contribution is 2.09. The molecule has 1 unspecified atom stereocenters. The van der Waals surface area contributed by atoms with Crippen LogP contribution >= 0.6 is 0 Å². The van der Waals surface area contributed by atoms with Gasteiger partial charge >= 0.3 is 6.03 Å². The summed E-state index contributed by atoms with van der Waals surface area (Å²) in [7, 11) is 3.62. The third-order valence-electron chi connectivity index (χ3n) is 4.54. The van der Waals surface area contributed by atoms with Crippen LogP contribution in [0.4, 0.5) is 10.5 Å². The number of carbonyl (C=O) groups excluding carboxylic acids is 3. The summed E-state index contributed by atoms with van der Waals surface area (Å²) in [6.07, 6.45) is 1.50. The van der Waals surface area contributed by atoms with Crippen LogP contribution in [0.25, 0.3) is 0 Å². The maximum atomic E-state index is 12.3. The molecule has 0 fully saturated rings. The van der Waals surface area contributed by atoms with Crippen molar-refractivity contribution in [2.75, 3.05) is 32.5 Å². The molecular formula is C28H48N6O3. The summed E-state index contributed by atoms with van der Waals surface area (Å²) in [4.78, 5) is 34.2. The molecule has 0 aliphatic carbocycles. The molecule has 1 atom stereocenters. The molecular weight excluding hydrogens is 468 g/mol. The van der Waals surface area contributed by atoms with E-state index in [1.54, 1.807) is 7.05 Å². The summed E-state index contributed by atoms with van der Waals surface area (Å²) in [6.45, 7) is 11.4. The highest BCUT2D eigenvalue weighted by molar-refractivity contribution is 5.95. The molecule has 2 rings (SSSR count). The van der Waals surface area contributed by atoms with Crippen LogP contribution in [0.5, 0.6) is 0 Å². The van der Waals surface area contributed by atoms with Gasteiger partial charge in [-0.25, -0.2) is 4.79 Å². The molecule has 0 spiro atoms. The third kappa shape index (κ3) is 18.5. The van der Waals surface area contributed by atoms with E-state index < -0.39 is 6.03 Å². The highest BCUT2D eigenvalue weighted by Gasteiger charge is 2.17. The molecule has 0 aliphatic heterocycles. The Balaban J connectivity index is 0. The molecule has 2 aromatic carbocycles. The Morgan fingerprint density at radius 3 is 1.89 bits per heavy atom. The number of urea groups is 1. The number of amides is 4. The molecule has 0 saturated carbocycles. The Kier molecular flexibility index (Phi) is 23.4. The van der Waals surface area contributed by atoms with Crippen LogP contribution in [0.15, 0.2) is 54.6 Å². The molecule has 0 aromatic heterocycles. The van der Waals surface area contributed by atoms with E-state index in [1.807, 2.05) is 96.3 Å². The Morgan fingerprint density at radius 1 is 0.838 bits per heavy atom. The number of anilines is 1. The minimum absolute atomic E-state index is 0.0654. The zero-order chi connectivity index (χ0) is 28.5. The van der Waals surface area contributed by atoms with Gasteiger partial charge in [0.15, 0.2) is 0 Å². The van der Waals surface area contributed by atoms with Crippen molar-refractivity contribution in [1.82, 2.24) is 21.3 Å². The van der Waals surface area contributed by atoms with Crippen molar-refractivity contribution in [3.8, 4) is 0 Å². The molecule has 37 heavy (non-hydrogen) atoms. The molecule has 4 amide bonds. The minimum atomic E-state index is -0.443. The molecule has 0 radical (unpaired) electrons. The normalized spacial score (nSPS) is 10.0. The van der Waals surface area contributed by atoms with Gasteiger partial charge in [0.2, 0.25) is 11.8 Å². The first-order chi connectivity index (χ1) is 17.9. The molecule has 2 aromatic rings. The van der Waals surface area contributed by atoms with Crippen LogP contribution in [0.1, 0.15) is 52.2 Å². The first-order valence-corrected chi connectivity index (χ1v) is 12.9. The summed E-state index contributed by atoms with van der Waals surface area (Å²) >= 11 is 0. The first-order valence-electron chi connectivity index (χ1n) is 12.9. The van der Waals surface area contributed by atoms with E-state index in [4.69, 9.17) is 5.73 Å². The van der Waals surface area contributed by atoms with E-state index in [-0.39, 0.29) is 24.4 Å². The van der Waals surface area contributed by atoms with E-state index in [0.717, 1.165) is 24.1 Å². The fourth-order valence-electron chi connectivity index (χ4n) is 2.83. The Labute approximate surface area is 223 Å². The summed E-state index contributed by atoms with van der Waals surface area (Å²) < 4.78 is 0. The highest BCUT2D eigenvalue weighted by atomic mass is 16.2. The van der Waals surface area contributed by atoms with Gasteiger partial charge < -0.3 is 32.3 Å². The Bertz CT molecular complexity index is 845. The summed E-state index contributed by atoms with van der Waals surface area (Å²) in [5.41, 5.74) is 7.63. The van der Waals surface area contributed by atoms with Crippen LogP contribution in [0.3, 0.4) is 0 Å². The van der Waals surface area contributed by atoms with Gasteiger partial charge in [-0.3, -0.25) is 9.59 Å². The van der Waals surface area contributed by atoms with Crippen molar-refractivity contribution in [2.24, 2.45) is 5.73 Å². The predicted octanol–water partition coefficient (Wildman–Crippen LogP) is 3.41. The summed E-state index contributed by atoms with van der Waals surface area (Å²) in [6, 6.07) is 16.5. The molecule has 0 bridgehead atoms. The topological polar surface area (TPSA) is 137 Å². The van der Waals surface area contributed by atoms with E-state index >= 15 is 0 Å². The molecule has 0 saturated heterocycles. The first kappa shape index (κ1) is 35.7. The van der Waals surface area contributed by atoms with Crippen molar-refractivity contribution in [2.45, 2.75) is 60.0 Å². The largest absolute Gasteiger partial charge is 0.352 e. The molecule has 208 valence electrons. The fourth-order valence-corrected chi connectivity index (χ4v) is 2.83. The van der Waals surface area contributed by atoms with Gasteiger partial charge in [-0.1, -0.05) is 77.1 Å². The number of nitrogens with one attached hydrogen (secondary N) is 5. The Morgan fingerprint density at radius 2 is 1.43 bits per heavy atom. The third-order valence-corrected chi connectivity index (χ3v) is 4.54. The zero-order valence-electron chi connectivity index (χ0n) is 23.6. The zero-order valence-corrected chi connectivity index (χ0v) is 23.6. The van der Waals surface area contributed by atoms with Crippen molar-refractivity contribution in [1.29, 1.82) is 0 Å². The maximum absolute atomic E-state index is 12.3. The molecule has 9 heteroatoms. The number of nitrogens with two attached hydrogens (primary N) is 1. The van der Waals surface area contributed by atoms with E-state index in [0.29, 0.717) is 18.7 Å². The minimum Gasteiger partial charge on any atom is -0.352 e. The van der Waals surface area contributed by atoms with Crippen LogP contribution in [-0.4, -0.2) is 51.1 Å². The standard InChI is InChI=1S/C20H26N4O2.C4H10N2O.2C2H6/c1-21-13-16-8-10-17(11-9-16)24-19(25)14-23-20(26)18(22-2)12-15-6-4-3-5-7-15;1-2-3-6-4(5)7;2*1-2/h3-11,18,21-22H,12-14H2,1-2H3,(H,23,26)(H,24,25);2-3H2,1H3,(H3,5,6,7);2*1-2H3.